The van der Waals surface area contributed by atoms with Crippen molar-refractivity contribution in [3.63, 3.8) is 0 Å². The molecule has 0 amide bonds. The highest BCUT2D eigenvalue weighted by Crippen LogP contribution is 2.14. The van der Waals surface area contributed by atoms with Gasteiger partial charge >= 0.3 is 0 Å². The summed E-state index contributed by atoms with van der Waals surface area (Å²) in [7, 11) is 0. The summed E-state index contributed by atoms with van der Waals surface area (Å²) < 4.78 is 12.3. The van der Waals surface area contributed by atoms with Gasteiger partial charge in [0.2, 0.25) is 5.88 Å². The van der Waals surface area contributed by atoms with Crippen molar-refractivity contribution in [3.05, 3.63) is 12.3 Å². The standard InChI is InChI=1S/C9H14N2O2/c1-7(2)11-4-3-9(10-11)13-6-8-5-12-8/h3-4,7-8H,5-6H2,1-2H3. The highest BCUT2D eigenvalue weighted by atomic mass is 16.6. The van der Waals surface area contributed by atoms with Gasteiger partial charge in [0.15, 0.2) is 0 Å². The van der Waals surface area contributed by atoms with E-state index in [9.17, 15) is 0 Å². The number of aromatic nitrogens is 2. The predicted octanol–water partition coefficient (Wildman–Crippen LogP) is 1.24. The van der Waals surface area contributed by atoms with E-state index in [4.69, 9.17) is 9.47 Å². The Morgan fingerprint density at radius 3 is 3.08 bits per heavy atom. The van der Waals surface area contributed by atoms with Crippen molar-refractivity contribution < 1.29 is 9.47 Å². The molecule has 2 heterocycles. The van der Waals surface area contributed by atoms with Gasteiger partial charge in [-0.15, -0.1) is 5.10 Å². The van der Waals surface area contributed by atoms with Gasteiger partial charge in [-0.1, -0.05) is 0 Å². The first kappa shape index (κ1) is 8.56. The summed E-state index contributed by atoms with van der Waals surface area (Å²) in [6, 6.07) is 2.26. The molecule has 2 rings (SSSR count). The third-order valence-electron chi connectivity index (χ3n) is 1.93. The van der Waals surface area contributed by atoms with Gasteiger partial charge in [0.1, 0.15) is 12.7 Å². The molecule has 0 aromatic carbocycles. The first-order chi connectivity index (χ1) is 6.25. The average Bonchev–Trinajstić information content (AvgIpc) is 2.79. The van der Waals surface area contributed by atoms with Crippen LogP contribution in [0.1, 0.15) is 19.9 Å². The lowest BCUT2D eigenvalue weighted by Crippen LogP contribution is -2.06. The molecule has 1 fully saturated rings. The minimum atomic E-state index is 0.296. The highest BCUT2D eigenvalue weighted by molar-refractivity contribution is 5.06. The first-order valence-corrected chi connectivity index (χ1v) is 4.55. The van der Waals surface area contributed by atoms with E-state index in [1.165, 1.54) is 0 Å². The Labute approximate surface area is 77.4 Å². The minimum Gasteiger partial charge on any atom is -0.474 e. The summed E-state index contributed by atoms with van der Waals surface area (Å²) in [6.07, 6.45) is 2.22. The van der Waals surface area contributed by atoms with Crippen molar-refractivity contribution in [2.24, 2.45) is 0 Å². The zero-order valence-electron chi connectivity index (χ0n) is 7.93. The molecule has 1 atom stereocenters. The molecule has 0 aliphatic carbocycles. The summed E-state index contributed by atoms with van der Waals surface area (Å²) in [5.74, 6) is 0.684. The van der Waals surface area contributed by atoms with Crippen LogP contribution in [0.25, 0.3) is 0 Å². The monoisotopic (exact) mass is 182 g/mol. The van der Waals surface area contributed by atoms with Crippen LogP contribution in [-0.2, 0) is 4.74 Å². The van der Waals surface area contributed by atoms with Crippen molar-refractivity contribution in [2.75, 3.05) is 13.2 Å². The topological polar surface area (TPSA) is 39.6 Å². The van der Waals surface area contributed by atoms with Crippen molar-refractivity contribution in [3.8, 4) is 5.88 Å². The van der Waals surface area contributed by atoms with Crippen LogP contribution in [0.15, 0.2) is 12.3 Å². The molecule has 1 saturated heterocycles. The minimum absolute atomic E-state index is 0.296. The van der Waals surface area contributed by atoms with Gasteiger partial charge in [0.05, 0.1) is 6.61 Å². The van der Waals surface area contributed by atoms with Crippen LogP contribution in [0.3, 0.4) is 0 Å². The Hall–Kier alpha value is -1.03. The summed E-state index contributed by atoms with van der Waals surface area (Å²) in [4.78, 5) is 0. The van der Waals surface area contributed by atoms with Gasteiger partial charge in [-0.2, -0.15) is 0 Å². The van der Waals surface area contributed by atoms with E-state index in [2.05, 4.69) is 18.9 Å². The Morgan fingerprint density at radius 1 is 1.77 bits per heavy atom. The SMILES string of the molecule is CC(C)n1ccc(OCC2CO2)n1. The maximum absolute atomic E-state index is 5.40. The molecule has 1 aliphatic heterocycles. The second-order valence-electron chi connectivity index (χ2n) is 3.49. The van der Waals surface area contributed by atoms with Crippen LogP contribution in [0.5, 0.6) is 5.88 Å². The normalized spacial score (nSPS) is 20.7. The molecule has 1 aliphatic rings. The Morgan fingerprint density at radius 2 is 2.54 bits per heavy atom. The van der Waals surface area contributed by atoms with Gasteiger partial charge in [0, 0.05) is 18.3 Å². The zero-order valence-corrected chi connectivity index (χ0v) is 7.93. The smallest absolute Gasteiger partial charge is 0.232 e. The maximum atomic E-state index is 5.40. The molecule has 0 bridgehead atoms. The fraction of sp³-hybridized carbons (Fsp3) is 0.667. The summed E-state index contributed by atoms with van der Waals surface area (Å²) in [5, 5.41) is 4.25. The summed E-state index contributed by atoms with van der Waals surface area (Å²) in [5.41, 5.74) is 0. The Bertz CT molecular complexity index is 279. The molecule has 72 valence electrons. The molecular formula is C9H14N2O2. The van der Waals surface area contributed by atoms with Gasteiger partial charge in [0.25, 0.3) is 0 Å². The van der Waals surface area contributed by atoms with Crippen molar-refractivity contribution in [1.82, 2.24) is 9.78 Å². The van der Waals surface area contributed by atoms with Gasteiger partial charge < -0.3 is 9.47 Å². The number of nitrogens with zero attached hydrogens (tertiary/aromatic N) is 2. The Balaban J connectivity index is 1.88. The third kappa shape index (κ3) is 2.21. The lowest BCUT2D eigenvalue weighted by Gasteiger charge is -2.03. The lowest BCUT2D eigenvalue weighted by atomic mass is 10.4. The average molecular weight is 182 g/mol. The van der Waals surface area contributed by atoms with Crippen LogP contribution in [-0.4, -0.2) is 29.1 Å². The van der Waals surface area contributed by atoms with Crippen LogP contribution < -0.4 is 4.74 Å². The molecular weight excluding hydrogens is 168 g/mol. The number of hydrogen-bond acceptors (Lipinski definition) is 3. The fourth-order valence-electron chi connectivity index (χ4n) is 1.03. The van der Waals surface area contributed by atoms with Crippen molar-refractivity contribution >= 4 is 0 Å². The molecule has 1 aromatic heterocycles. The quantitative estimate of drug-likeness (QED) is 0.658. The van der Waals surface area contributed by atoms with E-state index in [1.807, 2.05) is 16.9 Å². The highest BCUT2D eigenvalue weighted by Gasteiger charge is 2.23. The molecule has 0 N–H and O–H groups in total. The largest absolute Gasteiger partial charge is 0.474 e. The molecule has 4 heteroatoms. The number of epoxide rings is 1. The molecule has 0 saturated carbocycles. The van der Waals surface area contributed by atoms with Crippen LogP contribution >= 0.6 is 0 Å². The zero-order chi connectivity index (χ0) is 9.26. The van der Waals surface area contributed by atoms with E-state index in [0.717, 1.165) is 6.61 Å². The predicted molar refractivity (Wildman–Crippen MR) is 47.8 cm³/mol. The number of ether oxygens (including phenoxy) is 2. The lowest BCUT2D eigenvalue weighted by molar-refractivity contribution is 0.252. The number of hydrogen-bond donors (Lipinski definition) is 0. The molecule has 1 unspecified atom stereocenters. The van der Waals surface area contributed by atoms with E-state index >= 15 is 0 Å². The molecule has 13 heavy (non-hydrogen) atoms. The number of rotatable bonds is 4. The third-order valence-corrected chi connectivity index (χ3v) is 1.93. The molecule has 4 nitrogen and oxygen atoms in total. The van der Waals surface area contributed by atoms with E-state index < -0.39 is 0 Å². The Kier molecular flexibility index (Phi) is 2.22. The van der Waals surface area contributed by atoms with Crippen LogP contribution in [0, 0.1) is 0 Å². The van der Waals surface area contributed by atoms with E-state index in [-0.39, 0.29) is 0 Å². The maximum Gasteiger partial charge on any atom is 0.232 e. The van der Waals surface area contributed by atoms with Gasteiger partial charge in [-0.3, -0.25) is 4.68 Å². The summed E-state index contributed by atoms with van der Waals surface area (Å²) in [6.45, 7) is 5.61. The van der Waals surface area contributed by atoms with Crippen molar-refractivity contribution in [2.45, 2.75) is 26.0 Å². The molecule has 1 aromatic rings. The van der Waals surface area contributed by atoms with E-state index in [0.29, 0.717) is 24.6 Å². The fourth-order valence-corrected chi connectivity index (χ4v) is 1.03. The molecule has 0 spiro atoms. The second-order valence-corrected chi connectivity index (χ2v) is 3.49. The van der Waals surface area contributed by atoms with E-state index in [1.54, 1.807) is 0 Å². The van der Waals surface area contributed by atoms with Gasteiger partial charge in [-0.05, 0) is 13.8 Å². The van der Waals surface area contributed by atoms with Crippen molar-refractivity contribution in [1.29, 1.82) is 0 Å². The van der Waals surface area contributed by atoms with Gasteiger partial charge in [-0.25, -0.2) is 0 Å². The molecule has 0 radical (unpaired) electrons. The van der Waals surface area contributed by atoms with Crippen LogP contribution in [0.2, 0.25) is 0 Å². The summed E-state index contributed by atoms with van der Waals surface area (Å²) >= 11 is 0. The van der Waals surface area contributed by atoms with Crippen LogP contribution in [0.4, 0.5) is 0 Å². The first-order valence-electron chi connectivity index (χ1n) is 4.55. The second kappa shape index (κ2) is 3.38.